The lowest BCUT2D eigenvalue weighted by Crippen LogP contribution is -2.15. The number of hydrogen-bond acceptors (Lipinski definition) is 3. The molecule has 0 amide bonds. The van der Waals surface area contributed by atoms with Crippen LogP contribution in [0.5, 0.6) is 0 Å². The fourth-order valence-corrected chi connectivity index (χ4v) is 1.99. The van der Waals surface area contributed by atoms with Crippen LogP contribution in [0.1, 0.15) is 23.6 Å². The van der Waals surface area contributed by atoms with Gasteiger partial charge in [0, 0.05) is 18.3 Å². The van der Waals surface area contributed by atoms with Gasteiger partial charge in [-0.3, -0.25) is 0 Å². The van der Waals surface area contributed by atoms with E-state index in [1.807, 2.05) is 18.2 Å². The van der Waals surface area contributed by atoms with Crippen LogP contribution in [-0.2, 0) is 6.54 Å². The minimum atomic E-state index is 0. The lowest BCUT2D eigenvalue weighted by Gasteiger charge is -2.12. The zero-order valence-corrected chi connectivity index (χ0v) is 12.3. The predicted octanol–water partition coefficient (Wildman–Crippen LogP) is 3.07. The molecule has 0 aliphatic heterocycles. The first-order chi connectivity index (χ1) is 9.29. The molecular weight excluding hydrogens is 270 g/mol. The monoisotopic (exact) mass is 291 g/mol. The Bertz CT molecular complexity index is 485. The molecule has 0 aliphatic carbocycles. The summed E-state index contributed by atoms with van der Waals surface area (Å²) in [4.78, 5) is 0. The number of hydrogen-bond donors (Lipinski definition) is 3. The molecule has 0 bridgehead atoms. The van der Waals surface area contributed by atoms with Gasteiger partial charge < -0.3 is 16.8 Å². The van der Waals surface area contributed by atoms with E-state index >= 15 is 0 Å². The summed E-state index contributed by atoms with van der Waals surface area (Å²) in [7, 11) is 0. The van der Waals surface area contributed by atoms with Gasteiger partial charge in [-0.2, -0.15) is 0 Å². The number of benzene rings is 2. The third kappa shape index (κ3) is 4.85. The maximum Gasteiger partial charge on any atom is 0.0400 e. The summed E-state index contributed by atoms with van der Waals surface area (Å²) in [5, 5.41) is 3.39. The first-order valence-corrected chi connectivity index (χ1v) is 6.63. The average molecular weight is 292 g/mol. The SMILES string of the molecule is Cl.NCC[C@@H](N)c1ccc(NCc2ccccc2)cc1. The molecule has 2 aromatic carbocycles. The molecule has 0 heterocycles. The summed E-state index contributed by atoms with van der Waals surface area (Å²) in [6.07, 6.45) is 0.816. The van der Waals surface area contributed by atoms with Gasteiger partial charge in [-0.1, -0.05) is 42.5 Å². The smallest absolute Gasteiger partial charge is 0.0400 e. The van der Waals surface area contributed by atoms with E-state index in [9.17, 15) is 0 Å². The zero-order valence-electron chi connectivity index (χ0n) is 11.5. The summed E-state index contributed by atoms with van der Waals surface area (Å²) in [5.74, 6) is 0. The topological polar surface area (TPSA) is 64.1 Å². The highest BCUT2D eigenvalue weighted by atomic mass is 35.5. The van der Waals surface area contributed by atoms with Crippen molar-refractivity contribution < 1.29 is 0 Å². The molecule has 5 N–H and O–H groups in total. The maximum atomic E-state index is 6.02. The first kappa shape index (κ1) is 16.5. The van der Waals surface area contributed by atoms with Gasteiger partial charge >= 0.3 is 0 Å². The van der Waals surface area contributed by atoms with E-state index in [2.05, 4.69) is 41.7 Å². The second-order valence-corrected chi connectivity index (χ2v) is 4.65. The molecule has 4 heteroatoms. The van der Waals surface area contributed by atoms with Crippen molar-refractivity contribution in [1.29, 1.82) is 0 Å². The van der Waals surface area contributed by atoms with Gasteiger partial charge in [0.1, 0.15) is 0 Å². The van der Waals surface area contributed by atoms with Crippen LogP contribution in [0.2, 0.25) is 0 Å². The Hall–Kier alpha value is -1.55. The number of nitrogens with two attached hydrogens (primary N) is 2. The standard InChI is InChI=1S/C16H21N3.ClH/c17-11-10-16(18)14-6-8-15(9-7-14)19-12-13-4-2-1-3-5-13;/h1-9,16,19H,10-12,17-18H2;1H/t16-;/m1./s1. The van der Waals surface area contributed by atoms with Gasteiger partial charge in [0.15, 0.2) is 0 Å². The Morgan fingerprint density at radius 1 is 0.950 bits per heavy atom. The lowest BCUT2D eigenvalue weighted by molar-refractivity contribution is 0.661. The lowest BCUT2D eigenvalue weighted by atomic mass is 10.0. The van der Waals surface area contributed by atoms with Crippen molar-refractivity contribution in [2.75, 3.05) is 11.9 Å². The summed E-state index contributed by atoms with van der Waals surface area (Å²) in [6.45, 7) is 1.45. The van der Waals surface area contributed by atoms with Gasteiger partial charge in [-0.25, -0.2) is 0 Å². The number of rotatable bonds is 6. The van der Waals surface area contributed by atoms with Crippen molar-refractivity contribution in [3.8, 4) is 0 Å². The molecule has 3 nitrogen and oxygen atoms in total. The van der Waals surface area contributed by atoms with Gasteiger partial charge in [0.2, 0.25) is 0 Å². The highest BCUT2D eigenvalue weighted by molar-refractivity contribution is 5.85. The fraction of sp³-hybridized carbons (Fsp3) is 0.250. The highest BCUT2D eigenvalue weighted by Gasteiger charge is 2.04. The number of anilines is 1. The van der Waals surface area contributed by atoms with E-state index < -0.39 is 0 Å². The van der Waals surface area contributed by atoms with Crippen molar-refractivity contribution >= 4 is 18.1 Å². The zero-order chi connectivity index (χ0) is 13.5. The molecule has 20 heavy (non-hydrogen) atoms. The molecule has 0 spiro atoms. The molecule has 0 saturated heterocycles. The van der Waals surface area contributed by atoms with Crippen LogP contribution >= 0.6 is 12.4 Å². The summed E-state index contributed by atoms with van der Waals surface area (Å²) >= 11 is 0. The second kappa shape index (κ2) is 8.59. The molecule has 1 atom stereocenters. The summed E-state index contributed by atoms with van der Waals surface area (Å²) in [5.41, 5.74) is 15.0. The molecule has 0 unspecified atom stereocenters. The van der Waals surface area contributed by atoms with E-state index in [4.69, 9.17) is 11.5 Å². The Morgan fingerprint density at radius 3 is 2.20 bits per heavy atom. The normalized spacial score (nSPS) is 11.5. The maximum absolute atomic E-state index is 6.02. The van der Waals surface area contributed by atoms with E-state index in [-0.39, 0.29) is 18.4 Å². The van der Waals surface area contributed by atoms with Crippen molar-refractivity contribution in [2.45, 2.75) is 19.0 Å². The Labute approximate surface area is 126 Å². The Kier molecular flexibility index (Phi) is 7.09. The van der Waals surface area contributed by atoms with Gasteiger partial charge in [0.05, 0.1) is 0 Å². The molecule has 108 valence electrons. The minimum Gasteiger partial charge on any atom is -0.381 e. The minimum absolute atomic E-state index is 0. The quantitative estimate of drug-likeness (QED) is 0.766. The number of nitrogens with one attached hydrogen (secondary N) is 1. The van der Waals surface area contributed by atoms with Crippen molar-refractivity contribution in [2.24, 2.45) is 11.5 Å². The van der Waals surface area contributed by atoms with E-state index in [1.165, 1.54) is 5.56 Å². The Morgan fingerprint density at radius 2 is 1.60 bits per heavy atom. The van der Waals surface area contributed by atoms with E-state index in [1.54, 1.807) is 0 Å². The van der Waals surface area contributed by atoms with Crippen LogP contribution in [-0.4, -0.2) is 6.54 Å². The van der Waals surface area contributed by atoms with Crippen LogP contribution in [0.15, 0.2) is 54.6 Å². The number of halogens is 1. The first-order valence-electron chi connectivity index (χ1n) is 6.63. The third-order valence-electron chi connectivity index (χ3n) is 3.16. The van der Waals surface area contributed by atoms with Gasteiger partial charge in [0.25, 0.3) is 0 Å². The van der Waals surface area contributed by atoms with Crippen molar-refractivity contribution in [3.05, 3.63) is 65.7 Å². The predicted molar refractivity (Wildman–Crippen MR) is 88.1 cm³/mol. The van der Waals surface area contributed by atoms with Crippen LogP contribution in [0, 0.1) is 0 Å². The third-order valence-corrected chi connectivity index (χ3v) is 3.16. The van der Waals surface area contributed by atoms with E-state index in [0.717, 1.165) is 24.2 Å². The molecule has 2 aromatic rings. The molecule has 0 fully saturated rings. The van der Waals surface area contributed by atoms with Crippen LogP contribution < -0.4 is 16.8 Å². The molecule has 2 rings (SSSR count). The summed E-state index contributed by atoms with van der Waals surface area (Å²) in [6, 6.07) is 18.6. The van der Waals surface area contributed by atoms with Crippen LogP contribution in [0.25, 0.3) is 0 Å². The van der Waals surface area contributed by atoms with Crippen molar-refractivity contribution in [3.63, 3.8) is 0 Å². The van der Waals surface area contributed by atoms with Crippen LogP contribution in [0.3, 0.4) is 0 Å². The molecular formula is C16H22ClN3. The Balaban J connectivity index is 0.00000200. The molecule has 0 radical (unpaired) electrons. The van der Waals surface area contributed by atoms with Crippen molar-refractivity contribution in [1.82, 2.24) is 0 Å². The molecule has 0 aromatic heterocycles. The highest BCUT2D eigenvalue weighted by Crippen LogP contribution is 2.17. The van der Waals surface area contributed by atoms with Gasteiger partial charge in [-0.05, 0) is 36.2 Å². The van der Waals surface area contributed by atoms with Gasteiger partial charge in [-0.15, -0.1) is 12.4 Å². The molecule has 0 aliphatic rings. The average Bonchev–Trinajstić information content (AvgIpc) is 2.47. The van der Waals surface area contributed by atoms with E-state index in [0.29, 0.717) is 6.54 Å². The fourth-order valence-electron chi connectivity index (χ4n) is 1.99. The second-order valence-electron chi connectivity index (χ2n) is 4.65. The van der Waals surface area contributed by atoms with Crippen LogP contribution in [0.4, 0.5) is 5.69 Å². The largest absolute Gasteiger partial charge is 0.381 e. The summed E-state index contributed by atoms with van der Waals surface area (Å²) < 4.78 is 0. The molecule has 0 saturated carbocycles.